The van der Waals surface area contributed by atoms with Crippen LogP contribution in [0, 0.1) is 0 Å². The fourth-order valence-electron chi connectivity index (χ4n) is 0.680. The molecule has 5 N–H and O–H groups in total. The Kier molecular flexibility index (Phi) is 19.6. The molecule has 1 rings (SSSR count). The van der Waals surface area contributed by atoms with E-state index in [0.29, 0.717) is 5.75 Å². The van der Waals surface area contributed by atoms with Crippen LogP contribution in [0.1, 0.15) is 12.0 Å². The number of hydrogen-bond acceptors (Lipinski definition) is 4. The first-order valence-electron chi connectivity index (χ1n) is 5.31. The van der Waals surface area contributed by atoms with Crippen molar-refractivity contribution in [3.05, 3.63) is 55.1 Å². The predicted octanol–water partition coefficient (Wildman–Crippen LogP) is 2.02. The van der Waals surface area contributed by atoms with Gasteiger partial charge in [0.25, 0.3) is 0 Å². The van der Waals surface area contributed by atoms with Crippen LogP contribution in [0.15, 0.2) is 49.6 Å². The maximum Gasteiger partial charge on any atom is 0.327 e. The Balaban J connectivity index is -0.000000219. The maximum absolute atomic E-state index is 9.44. The molecule has 5 nitrogen and oxygen atoms in total. The minimum Gasteiger partial charge on any atom is -0.550 e. The summed E-state index contributed by atoms with van der Waals surface area (Å²) >= 11 is 3.64. The van der Waals surface area contributed by atoms with Gasteiger partial charge in [-0.25, -0.2) is 4.79 Å². The van der Waals surface area contributed by atoms with Crippen molar-refractivity contribution in [2.45, 2.75) is 6.42 Å². The zero-order valence-electron chi connectivity index (χ0n) is 11.5. The predicted molar refractivity (Wildman–Crippen MR) is 83.8 cm³/mol. The van der Waals surface area contributed by atoms with Crippen molar-refractivity contribution in [3.8, 4) is 0 Å². The quantitative estimate of drug-likeness (QED) is 0.583. The molecule has 0 spiro atoms. The zero-order chi connectivity index (χ0) is 15.1. The van der Waals surface area contributed by atoms with Crippen molar-refractivity contribution >= 4 is 30.6 Å². The van der Waals surface area contributed by atoms with Crippen LogP contribution in [0.5, 0.6) is 0 Å². The third-order valence-corrected chi connectivity index (χ3v) is 1.75. The van der Waals surface area contributed by atoms with E-state index < -0.39 is 11.9 Å². The molecule has 1 aromatic carbocycles. The van der Waals surface area contributed by atoms with Crippen molar-refractivity contribution in [1.82, 2.24) is 6.15 Å². The van der Waals surface area contributed by atoms with E-state index in [1.807, 2.05) is 36.4 Å². The fourth-order valence-corrected chi connectivity index (χ4v) is 0.863. The second kappa shape index (κ2) is 16.9. The number of aliphatic carboxylic acids is 2. The topological polar surface area (TPSA) is 114 Å². The average molecular weight is 299 g/mol. The third-order valence-electron chi connectivity index (χ3n) is 1.53. The Bertz CT molecular complexity index is 393. The first-order valence-corrected chi connectivity index (χ1v) is 5.94. The van der Waals surface area contributed by atoms with Gasteiger partial charge in [-0.2, -0.15) is 12.6 Å². The molecule has 112 valence electrons. The summed E-state index contributed by atoms with van der Waals surface area (Å²) in [6.45, 7) is 6.59. The van der Waals surface area contributed by atoms with Gasteiger partial charge in [0.1, 0.15) is 0 Å². The van der Waals surface area contributed by atoms with E-state index in [2.05, 4.69) is 25.8 Å². The molecule has 0 aromatic heterocycles. The molecule has 0 aliphatic rings. The molecule has 0 amide bonds. The first-order chi connectivity index (χ1) is 8.97. The van der Waals surface area contributed by atoms with Gasteiger partial charge in [-0.3, -0.25) is 0 Å². The second-order valence-electron chi connectivity index (χ2n) is 3.00. The average Bonchev–Trinajstić information content (AvgIpc) is 2.41. The van der Waals surface area contributed by atoms with E-state index in [-0.39, 0.29) is 12.6 Å². The molecule has 20 heavy (non-hydrogen) atoms. The molecule has 6 heteroatoms. The smallest absolute Gasteiger partial charge is 0.327 e. The van der Waals surface area contributed by atoms with Crippen LogP contribution in [0.3, 0.4) is 0 Å². The molecule has 0 atom stereocenters. The number of carboxylic acids is 2. The fraction of sp³-hybridized carbons (Fsp3) is 0.143. The third kappa shape index (κ3) is 21.3. The Morgan fingerprint density at radius 1 is 1.25 bits per heavy atom. The highest BCUT2D eigenvalue weighted by molar-refractivity contribution is 7.80. The Morgan fingerprint density at radius 2 is 1.70 bits per heavy atom. The lowest BCUT2D eigenvalue weighted by Crippen LogP contribution is -2.21. The molecule has 0 aliphatic heterocycles. The second-order valence-corrected chi connectivity index (χ2v) is 3.45. The van der Waals surface area contributed by atoms with Crippen LogP contribution in [0.25, 0.3) is 6.08 Å². The SMILES string of the molecule is C=CC(=O)O.C=Cc1ccccc1.O=C([O-])CCS.[NH4+]. The summed E-state index contributed by atoms with van der Waals surface area (Å²) in [5.74, 6) is -1.66. The van der Waals surface area contributed by atoms with Crippen molar-refractivity contribution in [3.63, 3.8) is 0 Å². The van der Waals surface area contributed by atoms with E-state index in [0.717, 1.165) is 6.08 Å². The lowest BCUT2D eigenvalue weighted by molar-refractivity contribution is -0.305. The van der Waals surface area contributed by atoms with Gasteiger partial charge in [-0.05, 0) is 17.7 Å². The van der Waals surface area contributed by atoms with Crippen LogP contribution in [0.2, 0.25) is 0 Å². The van der Waals surface area contributed by atoms with E-state index >= 15 is 0 Å². The highest BCUT2D eigenvalue weighted by Gasteiger charge is 1.76. The maximum atomic E-state index is 9.44. The zero-order valence-corrected chi connectivity index (χ0v) is 12.4. The molecule has 0 aliphatic carbocycles. The molecule has 0 unspecified atom stereocenters. The van der Waals surface area contributed by atoms with Crippen molar-refractivity contribution in [2.75, 3.05) is 5.75 Å². The minimum atomic E-state index is -1.04. The monoisotopic (exact) mass is 299 g/mol. The van der Waals surface area contributed by atoms with Gasteiger partial charge in [0, 0.05) is 12.0 Å². The molecule has 0 bridgehead atoms. The summed E-state index contributed by atoms with van der Waals surface area (Å²) in [5, 5.41) is 17.0. The van der Waals surface area contributed by atoms with Crippen LogP contribution in [0.4, 0.5) is 0 Å². The van der Waals surface area contributed by atoms with Gasteiger partial charge < -0.3 is 21.2 Å². The lowest BCUT2D eigenvalue weighted by Gasteiger charge is -1.91. The van der Waals surface area contributed by atoms with E-state index in [1.54, 1.807) is 0 Å². The lowest BCUT2D eigenvalue weighted by atomic mass is 10.2. The van der Waals surface area contributed by atoms with Crippen LogP contribution in [-0.2, 0) is 9.59 Å². The van der Waals surface area contributed by atoms with Gasteiger partial charge in [0.15, 0.2) is 0 Å². The van der Waals surface area contributed by atoms with Crippen LogP contribution in [-0.4, -0.2) is 22.8 Å². The first kappa shape index (κ1) is 23.1. The number of hydrogen-bond donors (Lipinski definition) is 3. The number of quaternary nitrogens is 1. The van der Waals surface area contributed by atoms with Gasteiger partial charge in [-0.15, -0.1) is 0 Å². The number of thiol groups is 1. The number of carboxylic acid groups (broad SMARTS) is 2. The van der Waals surface area contributed by atoms with E-state index in [4.69, 9.17) is 5.11 Å². The van der Waals surface area contributed by atoms with E-state index in [1.165, 1.54) is 5.56 Å². The highest BCUT2D eigenvalue weighted by Crippen LogP contribution is 1.97. The summed E-state index contributed by atoms with van der Waals surface area (Å²) in [6.07, 6.45) is 2.71. The van der Waals surface area contributed by atoms with Gasteiger partial charge in [-0.1, -0.05) is 49.6 Å². The molecule has 0 fully saturated rings. The summed E-state index contributed by atoms with van der Waals surface area (Å²) in [4.78, 5) is 18.7. The molecular weight excluding hydrogens is 278 g/mol. The molecule has 0 radical (unpaired) electrons. The Hall–Kier alpha value is -2.05. The summed E-state index contributed by atoms with van der Waals surface area (Å²) in [6, 6.07) is 10.0. The molecule has 1 aromatic rings. The van der Waals surface area contributed by atoms with Crippen molar-refractivity contribution in [2.24, 2.45) is 0 Å². The normalized spacial score (nSPS) is 7.45. The summed E-state index contributed by atoms with van der Waals surface area (Å²) in [7, 11) is 0. The Labute approximate surface area is 124 Å². The number of benzene rings is 1. The van der Waals surface area contributed by atoms with Gasteiger partial charge >= 0.3 is 5.97 Å². The van der Waals surface area contributed by atoms with E-state index in [9.17, 15) is 14.7 Å². The van der Waals surface area contributed by atoms with Crippen LogP contribution >= 0.6 is 12.6 Å². The van der Waals surface area contributed by atoms with Crippen molar-refractivity contribution in [1.29, 1.82) is 0 Å². The Morgan fingerprint density at radius 3 is 1.85 bits per heavy atom. The summed E-state index contributed by atoms with van der Waals surface area (Å²) in [5.41, 5.74) is 1.17. The van der Waals surface area contributed by atoms with Crippen molar-refractivity contribution < 1.29 is 19.8 Å². The largest absolute Gasteiger partial charge is 0.550 e. The van der Waals surface area contributed by atoms with Gasteiger partial charge in [0.05, 0.1) is 0 Å². The number of carbonyl (C=O) groups excluding carboxylic acids is 1. The molecule has 0 saturated heterocycles. The molecular formula is C14H21NO4S. The van der Waals surface area contributed by atoms with Crippen LogP contribution < -0.4 is 11.3 Å². The van der Waals surface area contributed by atoms with Gasteiger partial charge in [0.2, 0.25) is 0 Å². The molecule has 0 saturated carbocycles. The standard InChI is InChI=1S/C8H8.C3H6O2S.C3H4O2.H3N/c1-2-8-6-4-3-5-7-8;4-3(5)1-2-6;1-2-3(4)5;/h2-7H,1H2;6H,1-2H2,(H,4,5);2H,1H2,(H,4,5);1H3. The highest BCUT2D eigenvalue weighted by atomic mass is 32.1. The number of carbonyl (C=O) groups is 2. The number of rotatable bonds is 4. The molecule has 0 heterocycles. The summed E-state index contributed by atoms with van der Waals surface area (Å²) < 4.78 is 0. The minimum absolute atomic E-state index is 0.